The van der Waals surface area contributed by atoms with E-state index in [1.807, 2.05) is 0 Å². The normalized spacial score (nSPS) is 31.7. The molecule has 3 unspecified atom stereocenters. The summed E-state index contributed by atoms with van der Waals surface area (Å²) in [5, 5.41) is 17.6. The Hall–Kier alpha value is -1.39. The molecule has 0 aliphatic heterocycles. The van der Waals surface area contributed by atoms with E-state index < -0.39 is 5.97 Å². The van der Waals surface area contributed by atoms with Gasteiger partial charge in [0.25, 0.3) is 0 Å². The lowest BCUT2D eigenvalue weighted by molar-refractivity contribution is -0.142. The molecule has 18 heavy (non-hydrogen) atoms. The second kappa shape index (κ2) is 4.37. The van der Waals surface area contributed by atoms with Crippen LogP contribution in [0.5, 0.6) is 0 Å². The molecule has 5 nitrogen and oxygen atoms in total. The van der Waals surface area contributed by atoms with Crippen LogP contribution in [-0.4, -0.2) is 25.8 Å². The van der Waals surface area contributed by atoms with Crippen molar-refractivity contribution in [3.63, 3.8) is 0 Å². The van der Waals surface area contributed by atoms with Crippen LogP contribution < -0.4 is 0 Å². The fourth-order valence-electron chi connectivity index (χ4n) is 3.19. The summed E-state index contributed by atoms with van der Waals surface area (Å²) in [6.45, 7) is 2.14. The summed E-state index contributed by atoms with van der Waals surface area (Å²) in [6, 6.07) is 0.519. The zero-order chi connectivity index (χ0) is 12.7. The maximum absolute atomic E-state index is 11.4. The van der Waals surface area contributed by atoms with Crippen LogP contribution >= 0.6 is 0 Å². The van der Waals surface area contributed by atoms with Crippen molar-refractivity contribution in [2.75, 3.05) is 0 Å². The molecule has 1 aromatic rings. The highest BCUT2D eigenvalue weighted by Gasteiger charge is 2.42. The second-order valence-corrected chi connectivity index (χ2v) is 5.62. The number of carboxylic acids is 1. The lowest BCUT2D eigenvalue weighted by Crippen LogP contribution is -2.19. The van der Waals surface area contributed by atoms with Gasteiger partial charge in [-0.2, -0.15) is 0 Å². The van der Waals surface area contributed by atoms with E-state index in [0.717, 1.165) is 25.1 Å². The molecule has 3 atom stereocenters. The van der Waals surface area contributed by atoms with Crippen molar-refractivity contribution < 1.29 is 9.90 Å². The summed E-state index contributed by atoms with van der Waals surface area (Å²) in [4.78, 5) is 11.4. The Morgan fingerprint density at radius 3 is 2.89 bits per heavy atom. The molecule has 2 saturated carbocycles. The SMILES string of the molecule is CCC1CC(C(=O)O)C(c2nncn2C2CC2)C1. The van der Waals surface area contributed by atoms with Gasteiger partial charge >= 0.3 is 5.97 Å². The fraction of sp³-hybridized carbons (Fsp3) is 0.769. The summed E-state index contributed by atoms with van der Waals surface area (Å²) >= 11 is 0. The second-order valence-electron chi connectivity index (χ2n) is 5.62. The first-order chi connectivity index (χ1) is 8.70. The van der Waals surface area contributed by atoms with E-state index in [2.05, 4.69) is 21.7 Å². The molecular formula is C13H19N3O2. The monoisotopic (exact) mass is 249 g/mol. The third-order valence-corrected chi connectivity index (χ3v) is 4.43. The van der Waals surface area contributed by atoms with Gasteiger partial charge in [-0.05, 0) is 31.6 Å². The molecule has 1 heterocycles. The molecule has 1 N–H and O–H groups in total. The number of carbonyl (C=O) groups is 1. The Morgan fingerprint density at radius 1 is 1.50 bits per heavy atom. The first kappa shape index (κ1) is 11.7. The summed E-state index contributed by atoms with van der Waals surface area (Å²) < 4.78 is 2.11. The molecule has 98 valence electrons. The highest BCUT2D eigenvalue weighted by atomic mass is 16.4. The van der Waals surface area contributed by atoms with Crippen LogP contribution in [0.2, 0.25) is 0 Å². The van der Waals surface area contributed by atoms with Gasteiger partial charge in [-0.1, -0.05) is 13.3 Å². The van der Waals surface area contributed by atoms with Crippen molar-refractivity contribution in [2.24, 2.45) is 11.8 Å². The minimum absolute atomic E-state index is 0.0514. The number of aliphatic carboxylic acids is 1. The van der Waals surface area contributed by atoms with Crippen LogP contribution in [0.25, 0.3) is 0 Å². The first-order valence-electron chi connectivity index (χ1n) is 6.83. The van der Waals surface area contributed by atoms with Crippen LogP contribution in [0.15, 0.2) is 6.33 Å². The van der Waals surface area contributed by atoms with Crippen molar-refractivity contribution >= 4 is 5.97 Å². The standard InChI is InChI=1S/C13H19N3O2/c1-2-8-5-10(11(6-8)13(17)18)12-15-14-7-16(12)9-3-4-9/h7-11H,2-6H2,1H3,(H,17,18). The molecule has 0 aromatic carbocycles. The smallest absolute Gasteiger partial charge is 0.307 e. The third-order valence-electron chi connectivity index (χ3n) is 4.43. The molecule has 0 spiro atoms. The summed E-state index contributed by atoms with van der Waals surface area (Å²) in [5.74, 6) is 0.509. The Labute approximate surface area is 106 Å². The van der Waals surface area contributed by atoms with Gasteiger partial charge < -0.3 is 9.67 Å². The molecular weight excluding hydrogens is 230 g/mol. The number of rotatable bonds is 4. The maximum atomic E-state index is 11.4. The van der Waals surface area contributed by atoms with E-state index in [9.17, 15) is 9.90 Å². The molecule has 0 bridgehead atoms. The van der Waals surface area contributed by atoms with Gasteiger partial charge in [-0.25, -0.2) is 0 Å². The minimum atomic E-state index is -0.679. The Balaban J connectivity index is 1.88. The number of hydrogen-bond donors (Lipinski definition) is 1. The average Bonchev–Trinajstić information content (AvgIpc) is 2.94. The first-order valence-corrected chi connectivity index (χ1v) is 6.83. The molecule has 2 aliphatic carbocycles. The topological polar surface area (TPSA) is 68.0 Å². The molecule has 2 aliphatic rings. The molecule has 0 saturated heterocycles. The lowest BCUT2D eigenvalue weighted by atomic mass is 9.95. The van der Waals surface area contributed by atoms with E-state index in [1.54, 1.807) is 6.33 Å². The van der Waals surface area contributed by atoms with Crippen molar-refractivity contribution in [3.05, 3.63) is 12.2 Å². The van der Waals surface area contributed by atoms with Crippen molar-refractivity contribution in [1.29, 1.82) is 0 Å². The van der Waals surface area contributed by atoms with E-state index in [-0.39, 0.29) is 11.8 Å². The zero-order valence-electron chi connectivity index (χ0n) is 10.6. The largest absolute Gasteiger partial charge is 0.481 e. The van der Waals surface area contributed by atoms with Crippen LogP contribution in [0, 0.1) is 11.8 Å². The fourth-order valence-corrected chi connectivity index (χ4v) is 3.19. The van der Waals surface area contributed by atoms with Gasteiger partial charge in [0.15, 0.2) is 0 Å². The minimum Gasteiger partial charge on any atom is -0.481 e. The highest BCUT2D eigenvalue weighted by molar-refractivity contribution is 5.71. The maximum Gasteiger partial charge on any atom is 0.307 e. The van der Waals surface area contributed by atoms with Crippen molar-refractivity contribution in [3.8, 4) is 0 Å². The lowest BCUT2D eigenvalue weighted by Gasteiger charge is -2.15. The number of aromatic nitrogens is 3. The number of hydrogen-bond acceptors (Lipinski definition) is 3. The number of carboxylic acid groups (broad SMARTS) is 1. The third kappa shape index (κ3) is 1.91. The van der Waals surface area contributed by atoms with Gasteiger partial charge in [0.05, 0.1) is 5.92 Å². The predicted molar refractivity (Wildman–Crippen MR) is 65.2 cm³/mol. The van der Waals surface area contributed by atoms with Crippen LogP contribution in [0.3, 0.4) is 0 Å². The molecule has 0 radical (unpaired) electrons. The molecule has 2 fully saturated rings. The van der Waals surface area contributed by atoms with Crippen molar-refractivity contribution in [1.82, 2.24) is 14.8 Å². The van der Waals surface area contributed by atoms with Gasteiger partial charge in [0.2, 0.25) is 0 Å². The van der Waals surface area contributed by atoms with Crippen LogP contribution in [0.4, 0.5) is 0 Å². The van der Waals surface area contributed by atoms with Gasteiger partial charge in [-0.15, -0.1) is 10.2 Å². The average molecular weight is 249 g/mol. The summed E-state index contributed by atoms with van der Waals surface area (Å²) in [5.41, 5.74) is 0. The highest BCUT2D eigenvalue weighted by Crippen LogP contribution is 2.46. The summed E-state index contributed by atoms with van der Waals surface area (Å²) in [6.07, 6.45) is 6.90. The van der Waals surface area contributed by atoms with Crippen LogP contribution in [-0.2, 0) is 4.79 Å². The Bertz CT molecular complexity index is 453. The van der Waals surface area contributed by atoms with E-state index in [4.69, 9.17) is 0 Å². The Morgan fingerprint density at radius 2 is 2.28 bits per heavy atom. The quantitative estimate of drug-likeness (QED) is 0.888. The molecule has 0 amide bonds. The van der Waals surface area contributed by atoms with E-state index in [0.29, 0.717) is 12.0 Å². The van der Waals surface area contributed by atoms with Gasteiger partial charge in [0, 0.05) is 12.0 Å². The van der Waals surface area contributed by atoms with Gasteiger partial charge in [-0.3, -0.25) is 4.79 Å². The van der Waals surface area contributed by atoms with E-state index in [1.165, 1.54) is 12.8 Å². The zero-order valence-corrected chi connectivity index (χ0v) is 10.6. The Kier molecular flexibility index (Phi) is 2.84. The molecule has 1 aromatic heterocycles. The van der Waals surface area contributed by atoms with Crippen molar-refractivity contribution in [2.45, 2.75) is 51.0 Å². The number of nitrogens with zero attached hydrogens (tertiary/aromatic N) is 3. The van der Waals surface area contributed by atoms with Gasteiger partial charge in [0.1, 0.15) is 12.2 Å². The van der Waals surface area contributed by atoms with E-state index >= 15 is 0 Å². The predicted octanol–water partition coefficient (Wildman–Crippen LogP) is 2.22. The molecule has 5 heteroatoms. The summed E-state index contributed by atoms with van der Waals surface area (Å²) in [7, 11) is 0. The molecule has 3 rings (SSSR count). The van der Waals surface area contributed by atoms with Crippen LogP contribution in [0.1, 0.15) is 56.8 Å².